The number of fused-ring (bicyclic) bond motifs is 3. The van der Waals surface area contributed by atoms with Crippen LogP contribution in [0.3, 0.4) is 0 Å². The molecule has 1 aliphatic rings. The van der Waals surface area contributed by atoms with Crippen molar-refractivity contribution >= 4 is 26.8 Å². The van der Waals surface area contributed by atoms with Crippen LogP contribution in [-0.2, 0) is 23.1 Å². The molecule has 2 heterocycles. The highest BCUT2D eigenvalue weighted by atomic mass is 32.2. The summed E-state index contributed by atoms with van der Waals surface area (Å²) in [5.74, 6) is -0.144. The van der Waals surface area contributed by atoms with Crippen molar-refractivity contribution in [2.24, 2.45) is 0 Å². The van der Waals surface area contributed by atoms with Gasteiger partial charge < -0.3 is 4.98 Å². The number of rotatable bonds is 5. The molecule has 7 heteroatoms. The Morgan fingerprint density at radius 3 is 2.87 bits per heavy atom. The van der Waals surface area contributed by atoms with Crippen LogP contribution in [0.4, 0.5) is 0 Å². The van der Waals surface area contributed by atoms with Crippen LogP contribution < -0.4 is 0 Å². The number of hydrogen-bond donors (Lipinski definition) is 2. The van der Waals surface area contributed by atoms with Gasteiger partial charge in [-0.3, -0.25) is 14.2 Å². The molecule has 0 saturated carbocycles. The minimum absolute atomic E-state index is 0.0597. The second kappa shape index (κ2) is 6.07. The van der Waals surface area contributed by atoms with Crippen molar-refractivity contribution in [2.45, 2.75) is 26.3 Å². The van der Waals surface area contributed by atoms with E-state index in [0.29, 0.717) is 13.0 Å². The Hall–Kier alpha value is -1.70. The first-order valence-electron chi connectivity index (χ1n) is 7.65. The molecule has 0 saturated heterocycles. The Balaban J connectivity index is 1.76. The van der Waals surface area contributed by atoms with E-state index in [0.717, 1.165) is 41.7 Å². The lowest BCUT2D eigenvalue weighted by Crippen LogP contribution is -2.32. The van der Waals surface area contributed by atoms with Gasteiger partial charge >= 0.3 is 0 Å². The first-order chi connectivity index (χ1) is 10.8. The molecule has 1 aromatic heterocycles. The number of Topliss-reactive ketones (excluding diaryl/α,β-unsaturated/α-hetero) is 1. The molecule has 1 aliphatic heterocycles. The van der Waals surface area contributed by atoms with Crippen LogP contribution in [-0.4, -0.2) is 47.5 Å². The van der Waals surface area contributed by atoms with Gasteiger partial charge in [0.15, 0.2) is 5.78 Å². The summed E-state index contributed by atoms with van der Waals surface area (Å²) in [7, 11) is -3.89. The minimum atomic E-state index is -3.89. The number of benzene rings is 1. The Bertz CT molecular complexity index is 854. The van der Waals surface area contributed by atoms with E-state index in [1.54, 1.807) is 6.92 Å². The zero-order valence-corrected chi connectivity index (χ0v) is 13.8. The van der Waals surface area contributed by atoms with Crippen LogP contribution in [0, 0.1) is 0 Å². The quantitative estimate of drug-likeness (QED) is 0.644. The monoisotopic (exact) mass is 336 g/mol. The summed E-state index contributed by atoms with van der Waals surface area (Å²) in [6.07, 6.45) is 1.28. The Kier molecular flexibility index (Phi) is 4.27. The molecule has 0 spiro atoms. The molecule has 0 bridgehead atoms. The van der Waals surface area contributed by atoms with Crippen molar-refractivity contribution in [3.63, 3.8) is 0 Å². The fourth-order valence-electron chi connectivity index (χ4n) is 3.18. The number of aromatic amines is 1. The predicted molar refractivity (Wildman–Crippen MR) is 88.3 cm³/mol. The van der Waals surface area contributed by atoms with E-state index in [1.807, 2.05) is 18.2 Å². The first kappa shape index (κ1) is 16.2. The van der Waals surface area contributed by atoms with Crippen LogP contribution in [0.2, 0.25) is 0 Å². The van der Waals surface area contributed by atoms with Crippen LogP contribution in [0.5, 0.6) is 0 Å². The topological polar surface area (TPSA) is 90.5 Å². The van der Waals surface area contributed by atoms with Crippen molar-refractivity contribution in [1.82, 2.24) is 9.88 Å². The van der Waals surface area contributed by atoms with Gasteiger partial charge in [-0.2, -0.15) is 8.42 Å². The summed E-state index contributed by atoms with van der Waals surface area (Å²) in [6, 6.07) is 5.71. The molecule has 23 heavy (non-hydrogen) atoms. The van der Waals surface area contributed by atoms with E-state index >= 15 is 0 Å². The molecule has 3 rings (SSSR count). The average Bonchev–Trinajstić information content (AvgIpc) is 2.82. The van der Waals surface area contributed by atoms with Crippen molar-refractivity contribution in [3.8, 4) is 0 Å². The minimum Gasteiger partial charge on any atom is -0.357 e. The first-order valence-corrected chi connectivity index (χ1v) is 9.26. The van der Waals surface area contributed by atoms with E-state index in [1.165, 1.54) is 5.56 Å². The molecule has 124 valence electrons. The molecule has 0 radical (unpaired) electrons. The van der Waals surface area contributed by atoms with Gasteiger partial charge in [-0.05, 0) is 50.1 Å². The van der Waals surface area contributed by atoms with Crippen molar-refractivity contribution in [1.29, 1.82) is 0 Å². The van der Waals surface area contributed by atoms with E-state index in [-0.39, 0.29) is 11.5 Å². The summed E-state index contributed by atoms with van der Waals surface area (Å²) in [5, 5.41) is 1.10. The number of ketones is 1. The van der Waals surface area contributed by atoms with Crippen LogP contribution in [0.1, 0.15) is 35.0 Å². The third kappa shape index (κ3) is 3.63. The van der Waals surface area contributed by atoms with E-state index in [4.69, 9.17) is 4.55 Å². The van der Waals surface area contributed by atoms with E-state index in [2.05, 4.69) is 9.88 Å². The number of H-pyrrole nitrogens is 1. The van der Waals surface area contributed by atoms with Crippen LogP contribution >= 0.6 is 0 Å². The molecular formula is C16H20N2O4S. The van der Waals surface area contributed by atoms with Crippen molar-refractivity contribution in [2.75, 3.05) is 18.8 Å². The maximum Gasteiger partial charge on any atom is 0.264 e. The molecule has 0 amide bonds. The molecule has 2 N–H and O–H groups in total. The number of aromatic nitrogens is 1. The second-order valence-corrected chi connectivity index (χ2v) is 7.64. The van der Waals surface area contributed by atoms with Gasteiger partial charge in [0.05, 0.1) is 5.75 Å². The zero-order valence-electron chi connectivity index (χ0n) is 13.0. The van der Waals surface area contributed by atoms with Gasteiger partial charge in [0, 0.05) is 35.2 Å². The number of nitrogens with one attached hydrogen (secondary N) is 1. The smallest absolute Gasteiger partial charge is 0.264 e. The molecule has 2 aromatic rings. The van der Waals surface area contributed by atoms with E-state index < -0.39 is 10.1 Å². The van der Waals surface area contributed by atoms with Gasteiger partial charge in [0.2, 0.25) is 0 Å². The lowest BCUT2D eigenvalue weighted by Gasteiger charge is -2.26. The molecule has 0 atom stereocenters. The van der Waals surface area contributed by atoms with Gasteiger partial charge in [-0.1, -0.05) is 0 Å². The van der Waals surface area contributed by atoms with E-state index in [9.17, 15) is 13.2 Å². The average molecular weight is 336 g/mol. The molecule has 0 unspecified atom stereocenters. The highest BCUT2D eigenvalue weighted by molar-refractivity contribution is 7.85. The summed E-state index contributed by atoms with van der Waals surface area (Å²) in [6.45, 7) is 3.77. The van der Waals surface area contributed by atoms with Crippen LogP contribution in [0.25, 0.3) is 10.9 Å². The van der Waals surface area contributed by atoms with Crippen molar-refractivity contribution in [3.05, 3.63) is 35.0 Å². The van der Waals surface area contributed by atoms with Crippen molar-refractivity contribution < 1.29 is 17.8 Å². The van der Waals surface area contributed by atoms with Gasteiger partial charge in [0.25, 0.3) is 10.1 Å². The highest BCUT2D eigenvalue weighted by Crippen LogP contribution is 2.28. The summed E-state index contributed by atoms with van der Waals surface area (Å²) >= 11 is 0. The predicted octanol–water partition coefficient (Wildman–Crippen LogP) is 2.01. The highest BCUT2D eigenvalue weighted by Gasteiger charge is 2.21. The third-order valence-electron chi connectivity index (χ3n) is 4.34. The summed E-state index contributed by atoms with van der Waals surface area (Å²) in [4.78, 5) is 17.1. The lowest BCUT2D eigenvalue weighted by atomic mass is 10.0. The fourth-order valence-corrected chi connectivity index (χ4v) is 3.67. The SMILES string of the molecule is CC(=O)c1ccc2[nH]c3c(c2c1)CCN(CCCS(=O)(=O)O)C3. The molecular weight excluding hydrogens is 316 g/mol. The maximum absolute atomic E-state index is 11.5. The summed E-state index contributed by atoms with van der Waals surface area (Å²) in [5.41, 5.74) is 4.11. The van der Waals surface area contributed by atoms with Gasteiger partial charge in [0.1, 0.15) is 0 Å². The standard InChI is InChI=1S/C16H20N2O4S/c1-11(19)12-3-4-15-14(9-12)13-5-7-18(10-16(13)17-15)6-2-8-23(20,21)22/h3-4,9,17H,2,5-8,10H2,1H3,(H,20,21,22). The molecule has 0 fully saturated rings. The fraction of sp³-hybridized carbons (Fsp3) is 0.438. The molecule has 1 aromatic carbocycles. The largest absolute Gasteiger partial charge is 0.357 e. The summed E-state index contributed by atoms with van der Waals surface area (Å²) < 4.78 is 30.3. The number of carbonyl (C=O) groups excluding carboxylic acids is 1. The third-order valence-corrected chi connectivity index (χ3v) is 5.14. The lowest BCUT2D eigenvalue weighted by molar-refractivity contribution is 0.101. The normalized spacial score (nSPS) is 15.7. The number of hydrogen-bond acceptors (Lipinski definition) is 4. The Labute approximate surface area is 135 Å². The van der Waals surface area contributed by atoms with Gasteiger partial charge in [-0.25, -0.2) is 0 Å². The molecule has 0 aliphatic carbocycles. The maximum atomic E-state index is 11.5. The Morgan fingerprint density at radius 2 is 2.17 bits per heavy atom. The van der Waals surface area contributed by atoms with Gasteiger partial charge in [-0.15, -0.1) is 0 Å². The van der Waals surface area contributed by atoms with Crippen LogP contribution in [0.15, 0.2) is 18.2 Å². The number of carbonyl (C=O) groups is 1. The Morgan fingerprint density at radius 1 is 1.39 bits per heavy atom. The zero-order chi connectivity index (χ0) is 16.6. The number of nitrogens with zero attached hydrogens (tertiary/aromatic N) is 1. The second-order valence-electron chi connectivity index (χ2n) is 6.06. The molecule has 6 nitrogen and oxygen atoms in total.